The van der Waals surface area contributed by atoms with Gasteiger partial charge in [0.1, 0.15) is 24.4 Å². The number of aliphatic hydroxyl groups excluding tert-OH is 5. The first-order valence-corrected chi connectivity index (χ1v) is 19.4. The normalized spacial score (nSPS) is 21.4. The molecule has 9 heteroatoms. The SMILES string of the molecule is CCCCCCCCCCCCCCCCCCCCCCCCOC(=O)NC(COC1C=CC(O)C(O)C1O)C(O)CC(O)CC. The smallest absolute Gasteiger partial charge is 0.407 e. The van der Waals surface area contributed by atoms with Crippen LogP contribution < -0.4 is 5.32 Å². The fraction of sp³-hybridized carbons (Fsp3) is 0.921. The molecule has 7 unspecified atom stereocenters. The summed E-state index contributed by atoms with van der Waals surface area (Å²) in [7, 11) is 0. The lowest BCUT2D eigenvalue weighted by atomic mass is 9.96. The van der Waals surface area contributed by atoms with Crippen molar-refractivity contribution in [2.45, 2.75) is 211 Å². The van der Waals surface area contributed by atoms with E-state index >= 15 is 0 Å². The fourth-order valence-corrected chi connectivity index (χ4v) is 6.14. The van der Waals surface area contributed by atoms with Crippen LogP contribution in [0.2, 0.25) is 0 Å². The van der Waals surface area contributed by atoms with Gasteiger partial charge >= 0.3 is 6.09 Å². The number of hydrogen-bond donors (Lipinski definition) is 6. The standard InChI is InChI=1S/C38H73NO8/c1-3-5-6-7-8-9-10-11-12-13-14-15-16-17-18-19-20-21-22-23-24-25-28-46-38(45)39-32(34(42)29-31(40)4-2)30-47-35-27-26-33(41)36(43)37(35)44/h26-27,31-37,40-44H,3-25,28-30H2,1-2H3,(H,39,45). The van der Waals surface area contributed by atoms with E-state index in [-0.39, 0.29) is 19.6 Å². The van der Waals surface area contributed by atoms with Crippen molar-refractivity contribution in [3.63, 3.8) is 0 Å². The second-order valence-corrected chi connectivity index (χ2v) is 13.8. The van der Waals surface area contributed by atoms with E-state index in [1.807, 2.05) is 0 Å². The van der Waals surface area contributed by atoms with E-state index in [2.05, 4.69) is 12.2 Å². The summed E-state index contributed by atoms with van der Waals surface area (Å²) in [5, 5.41) is 52.9. The summed E-state index contributed by atoms with van der Waals surface area (Å²) in [6.45, 7) is 4.17. The summed E-state index contributed by atoms with van der Waals surface area (Å²) in [5.74, 6) is 0. The van der Waals surface area contributed by atoms with Crippen LogP contribution in [0.5, 0.6) is 0 Å². The lowest BCUT2D eigenvalue weighted by Gasteiger charge is -2.32. The first-order chi connectivity index (χ1) is 22.8. The molecule has 1 aliphatic carbocycles. The minimum absolute atomic E-state index is 0.0364. The van der Waals surface area contributed by atoms with Crippen LogP contribution in [0.15, 0.2) is 12.2 Å². The van der Waals surface area contributed by atoms with E-state index in [4.69, 9.17) is 9.47 Å². The van der Waals surface area contributed by atoms with Gasteiger partial charge in [-0.3, -0.25) is 0 Å². The van der Waals surface area contributed by atoms with Gasteiger partial charge < -0.3 is 40.3 Å². The van der Waals surface area contributed by atoms with E-state index < -0.39 is 48.8 Å². The predicted molar refractivity (Wildman–Crippen MR) is 189 cm³/mol. The van der Waals surface area contributed by atoms with Crippen molar-refractivity contribution in [3.8, 4) is 0 Å². The van der Waals surface area contributed by atoms with Crippen molar-refractivity contribution in [1.29, 1.82) is 0 Å². The molecule has 6 N–H and O–H groups in total. The predicted octanol–water partition coefficient (Wildman–Crippen LogP) is 7.24. The Hall–Kier alpha value is -1.23. The van der Waals surface area contributed by atoms with Crippen LogP contribution in [-0.2, 0) is 9.47 Å². The van der Waals surface area contributed by atoms with Crippen LogP contribution in [-0.4, -0.2) is 87.5 Å². The van der Waals surface area contributed by atoms with Crippen LogP contribution in [0, 0.1) is 0 Å². The highest BCUT2D eigenvalue weighted by Gasteiger charge is 2.35. The highest BCUT2D eigenvalue weighted by atomic mass is 16.5. The molecule has 1 amide bonds. The molecular formula is C38H73NO8. The number of nitrogens with one attached hydrogen (secondary N) is 1. The molecule has 0 aromatic carbocycles. The number of amides is 1. The summed E-state index contributed by atoms with van der Waals surface area (Å²) in [5.41, 5.74) is 0. The molecule has 0 aromatic heterocycles. The molecule has 0 radical (unpaired) electrons. The molecule has 47 heavy (non-hydrogen) atoms. The lowest BCUT2D eigenvalue weighted by Crippen LogP contribution is -2.51. The Labute approximate surface area is 286 Å². The summed E-state index contributed by atoms with van der Waals surface area (Å²) in [6.07, 6.45) is 24.9. The summed E-state index contributed by atoms with van der Waals surface area (Å²) >= 11 is 0. The van der Waals surface area contributed by atoms with Gasteiger partial charge in [-0.05, 0) is 12.8 Å². The summed E-state index contributed by atoms with van der Waals surface area (Å²) in [4.78, 5) is 12.4. The minimum atomic E-state index is -1.40. The Morgan fingerprint density at radius 1 is 0.660 bits per heavy atom. The number of rotatable bonds is 31. The molecule has 9 nitrogen and oxygen atoms in total. The molecule has 0 aromatic rings. The quantitative estimate of drug-likeness (QED) is 0.0334. The van der Waals surface area contributed by atoms with E-state index in [9.17, 15) is 30.3 Å². The van der Waals surface area contributed by atoms with Crippen LogP contribution in [0.25, 0.3) is 0 Å². The molecule has 0 heterocycles. The molecule has 1 rings (SSSR count). The molecule has 1 aliphatic rings. The maximum Gasteiger partial charge on any atom is 0.407 e. The van der Waals surface area contributed by atoms with Crippen molar-refractivity contribution in [1.82, 2.24) is 5.32 Å². The van der Waals surface area contributed by atoms with E-state index in [1.54, 1.807) is 6.92 Å². The molecule has 0 aliphatic heterocycles. The molecule has 0 saturated heterocycles. The Morgan fingerprint density at radius 2 is 1.11 bits per heavy atom. The Bertz CT molecular complexity index is 753. The first kappa shape index (κ1) is 43.8. The maximum absolute atomic E-state index is 12.4. The summed E-state index contributed by atoms with van der Waals surface area (Å²) in [6, 6.07) is -0.891. The van der Waals surface area contributed by atoms with E-state index in [1.165, 1.54) is 134 Å². The van der Waals surface area contributed by atoms with Gasteiger partial charge in [-0.2, -0.15) is 0 Å². The number of carbonyl (C=O) groups is 1. The minimum Gasteiger partial charge on any atom is -0.450 e. The van der Waals surface area contributed by atoms with Crippen molar-refractivity contribution >= 4 is 6.09 Å². The highest BCUT2D eigenvalue weighted by molar-refractivity contribution is 5.67. The molecule has 278 valence electrons. The zero-order valence-electron chi connectivity index (χ0n) is 30.0. The van der Waals surface area contributed by atoms with Crippen molar-refractivity contribution in [2.24, 2.45) is 0 Å². The average molecular weight is 672 g/mol. The van der Waals surface area contributed by atoms with Crippen molar-refractivity contribution in [3.05, 3.63) is 12.2 Å². The Kier molecular flexibility index (Phi) is 27.6. The van der Waals surface area contributed by atoms with Gasteiger partial charge in [0.15, 0.2) is 0 Å². The third-order valence-electron chi connectivity index (χ3n) is 9.49. The monoisotopic (exact) mass is 672 g/mol. The van der Waals surface area contributed by atoms with Gasteiger partial charge in [0.2, 0.25) is 0 Å². The van der Waals surface area contributed by atoms with Gasteiger partial charge in [0.25, 0.3) is 0 Å². The van der Waals surface area contributed by atoms with Gasteiger partial charge in [-0.25, -0.2) is 4.79 Å². The van der Waals surface area contributed by atoms with Crippen LogP contribution in [0.3, 0.4) is 0 Å². The second-order valence-electron chi connectivity index (χ2n) is 13.8. The molecule has 0 fully saturated rings. The van der Waals surface area contributed by atoms with Crippen molar-refractivity contribution < 1.29 is 39.8 Å². The number of ether oxygens (including phenoxy) is 2. The first-order valence-electron chi connectivity index (χ1n) is 19.4. The van der Waals surface area contributed by atoms with Gasteiger partial charge in [-0.15, -0.1) is 0 Å². The second kappa shape index (κ2) is 29.7. The number of aliphatic hydroxyl groups is 5. The van der Waals surface area contributed by atoms with E-state index in [0.717, 1.165) is 19.3 Å². The Morgan fingerprint density at radius 3 is 1.55 bits per heavy atom. The molecule has 0 saturated carbocycles. The third-order valence-corrected chi connectivity index (χ3v) is 9.49. The van der Waals surface area contributed by atoms with Gasteiger partial charge in [-0.1, -0.05) is 161 Å². The maximum atomic E-state index is 12.4. The average Bonchev–Trinajstić information content (AvgIpc) is 3.06. The summed E-state index contributed by atoms with van der Waals surface area (Å²) < 4.78 is 11.0. The molecular weight excluding hydrogens is 598 g/mol. The van der Waals surface area contributed by atoms with Crippen LogP contribution in [0.4, 0.5) is 4.79 Å². The zero-order chi connectivity index (χ0) is 34.5. The molecule has 7 atom stereocenters. The molecule has 0 bridgehead atoms. The number of carbonyl (C=O) groups excluding carboxylic acids is 1. The van der Waals surface area contributed by atoms with Crippen LogP contribution in [0.1, 0.15) is 168 Å². The lowest BCUT2D eigenvalue weighted by molar-refractivity contribution is -0.113. The third kappa shape index (κ3) is 22.9. The topological polar surface area (TPSA) is 149 Å². The highest BCUT2D eigenvalue weighted by Crippen LogP contribution is 2.18. The zero-order valence-corrected chi connectivity index (χ0v) is 30.0. The van der Waals surface area contributed by atoms with Gasteiger partial charge in [0.05, 0.1) is 31.5 Å². The number of hydrogen-bond acceptors (Lipinski definition) is 8. The number of alkyl carbamates (subject to hydrolysis) is 1. The van der Waals surface area contributed by atoms with Gasteiger partial charge in [0, 0.05) is 6.42 Å². The Balaban J connectivity index is 2.03. The fourth-order valence-electron chi connectivity index (χ4n) is 6.14. The van der Waals surface area contributed by atoms with E-state index in [0.29, 0.717) is 6.42 Å². The number of unbranched alkanes of at least 4 members (excludes halogenated alkanes) is 21. The van der Waals surface area contributed by atoms with Crippen molar-refractivity contribution in [2.75, 3.05) is 13.2 Å². The largest absolute Gasteiger partial charge is 0.450 e. The molecule has 0 spiro atoms. The van der Waals surface area contributed by atoms with Crippen LogP contribution >= 0.6 is 0 Å².